The van der Waals surface area contributed by atoms with Gasteiger partial charge in [0, 0.05) is 30.8 Å². The minimum Gasteiger partial charge on any atom is -0.338 e. The van der Waals surface area contributed by atoms with Crippen LogP contribution >= 0.6 is 0 Å². The zero-order valence-corrected chi connectivity index (χ0v) is 15.7. The summed E-state index contributed by atoms with van der Waals surface area (Å²) in [5.41, 5.74) is 3.48. The maximum Gasteiger partial charge on any atom is 0.255 e. The van der Waals surface area contributed by atoms with Crippen LogP contribution in [0.25, 0.3) is 0 Å². The summed E-state index contributed by atoms with van der Waals surface area (Å²) in [5, 5.41) is 3.04. The summed E-state index contributed by atoms with van der Waals surface area (Å²) in [6, 6.07) is 15.4. The van der Waals surface area contributed by atoms with Crippen molar-refractivity contribution in [2.45, 2.75) is 45.6 Å². The lowest BCUT2D eigenvalue weighted by Gasteiger charge is -2.23. The van der Waals surface area contributed by atoms with Crippen LogP contribution < -0.4 is 5.32 Å². The van der Waals surface area contributed by atoms with Gasteiger partial charge in [0.1, 0.15) is 0 Å². The summed E-state index contributed by atoms with van der Waals surface area (Å²) in [6.07, 6.45) is 1.55. The van der Waals surface area contributed by atoms with Crippen molar-refractivity contribution < 1.29 is 9.59 Å². The van der Waals surface area contributed by atoms with Gasteiger partial charge < -0.3 is 10.2 Å². The van der Waals surface area contributed by atoms with Crippen LogP contribution in [-0.2, 0) is 16.8 Å². The van der Waals surface area contributed by atoms with Gasteiger partial charge in [0.05, 0.1) is 0 Å². The molecular formula is C22H26N2O2. The zero-order valence-electron chi connectivity index (χ0n) is 15.7. The quantitative estimate of drug-likeness (QED) is 0.891. The van der Waals surface area contributed by atoms with Crippen molar-refractivity contribution in [1.29, 1.82) is 0 Å². The molecule has 4 nitrogen and oxygen atoms in total. The van der Waals surface area contributed by atoms with Gasteiger partial charge in [-0.15, -0.1) is 0 Å². The van der Waals surface area contributed by atoms with Crippen LogP contribution in [0.5, 0.6) is 0 Å². The Morgan fingerprint density at radius 3 is 2.58 bits per heavy atom. The van der Waals surface area contributed by atoms with E-state index in [1.807, 2.05) is 53.4 Å². The summed E-state index contributed by atoms with van der Waals surface area (Å²) >= 11 is 0. The number of carbonyl (C=O) groups excluding carboxylic acids is 2. The number of likely N-dealkylation sites (tertiary alicyclic amines) is 1. The average molecular weight is 350 g/mol. The Bertz CT molecular complexity index is 821. The van der Waals surface area contributed by atoms with E-state index >= 15 is 0 Å². The fourth-order valence-corrected chi connectivity index (χ4v) is 3.34. The molecule has 1 aliphatic rings. The Labute approximate surface area is 155 Å². The van der Waals surface area contributed by atoms with Crippen molar-refractivity contribution in [1.82, 2.24) is 4.90 Å². The standard InChI is InChI=1S/C22H26N2O2/c1-22(2,3)18-10-4-5-11-19(18)23-21(26)17-9-6-8-16(14-17)15-24-13-7-12-20(24)25/h4-6,8-11,14H,7,12-13,15H2,1-3H3,(H,23,26). The van der Waals surface area contributed by atoms with E-state index in [4.69, 9.17) is 0 Å². The second-order valence-corrected chi connectivity index (χ2v) is 7.87. The van der Waals surface area contributed by atoms with Crippen LogP contribution in [-0.4, -0.2) is 23.3 Å². The Morgan fingerprint density at radius 1 is 1.12 bits per heavy atom. The molecule has 1 aliphatic heterocycles. The van der Waals surface area contributed by atoms with Gasteiger partial charge in [0.2, 0.25) is 5.91 Å². The predicted molar refractivity (Wildman–Crippen MR) is 104 cm³/mol. The highest BCUT2D eigenvalue weighted by Gasteiger charge is 2.21. The number of nitrogens with zero attached hydrogens (tertiary/aromatic N) is 1. The molecule has 1 saturated heterocycles. The summed E-state index contributed by atoms with van der Waals surface area (Å²) in [4.78, 5) is 26.4. The van der Waals surface area contributed by atoms with E-state index in [1.165, 1.54) is 0 Å². The minimum absolute atomic E-state index is 0.0537. The number of benzene rings is 2. The highest BCUT2D eigenvalue weighted by molar-refractivity contribution is 6.04. The topological polar surface area (TPSA) is 49.4 Å². The first-order valence-corrected chi connectivity index (χ1v) is 9.12. The van der Waals surface area contributed by atoms with E-state index in [1.54, 1.807) is 0 Å². The van der Waals surface area contributed by atoms with Crippen molar-refractivity contribution in [2.75, 3.05) is 11.9 Å². The van der Waals surface area contributed by atoms with Crippen LogP contribution in [0.2, 0.25) is 0 Å². The van der Waals surface area contributed by atoms with Gasteiger partial charge in [0.25, 0.3) is 5.91 Å². The van der Waals surface area contributed by atoms with E-state index < -0.39 is 0 Å². The second-order valence-electron chi connectivity index (χ2n) is 7.87. The Balaban J connectivity index is 1.77. The molecule has 4 heteroatoms. The molecule has 0 saturated carbocycles. The maximum absolute atomic E-state index is 12.8. The monoisotopic (exact) mass is 350 g/mol. The number of hydrogen-bond donors (Lipinski definition) is 1. The van der Waals surface area contributed by atoms with E-state index in [-0.39, 0.29) is 17.2 Å². The molecule has 0 unspecified atom stereocenters. The Morgan fingerprint density at radius 2 is 1.88 bits per heavy atom. The summed E-state index contributed by atoms with van der Waals surface area (Å²) in [5.74, 6) is 0.0651. The normalized spacial score (nSPS) is 14.6. The third kappa shape index (κ3) is 4.13. The average Bonchev–Trinajstić information content (AvgIpc) is 2.99. The largest absolute Gasteiger partial charge is 0.338 e. The number of carbonyl (C=O) groups is 2. The molecule has 0 aromatic heterocycles. The highest BCUT2D eigenvalue weighted by Crippen LogP contribution is 2.29. The second kappa shape index (κ2) is 7.32. The fourth-order valence-electron chi connectivity index (χ4n) is 3.34. The van der Waals surface area contributed by atoms with Gasteiger partial charge in [-0.25, -0.2) is 0 Å². The van der Waals surface area contributed by atoms with Crippen LogP contribution in [0.3, 0.4) is 0 Å². The van der Waals surface area contributed by atoms with Crippen LogP contribution in [0.4, 0.5) is 5.69 Å². The fraction of sp³-hybridized carbons (Fsp3) is 0.364. The first-order valence-electron chi connectivity index (χ1n) is 9.12. The van der Waals surface area contributed by atoms with Crippen molar-refractivity contribution in [2.24, 2.45) is 0 Å². The van der Waals surface area contributed by atoms with Gasteiger partial charge in [-0.05, 0) is 41.2 Å². The van der Waals surface area contributed by atoms with Crippen molar-refractivity contribution >= 4 is 17.5 Å². The molecule has 0 bridgehead atoms. The van der Waals surface area contributed by atoms with Gasteiger partial charge in [-0.1, -0.05) is 51.1 Å². The van der Waals surface area contributed by atoms with Gasteiger partial charge >= 0.3 is 0 Å². The molecule has 1 N–H and O–H groups in total. The molecule has 3 rings (SSSR count). The molecule has 0 radical (unpaired) electrons. The lowest BCUT2D eigenvalue weighted by atomic mass is 9.86. The third-order valence-corrected chi connectivity index (χ3v) is 4.72. The molecule has 0 atom stereocenters. The minimum atomic E-state index is -0.128. The van der Waals surface area contributed by atoms with Gasteiger partial charge in [-0.2, -0.15) is 0 Å². The first kappa shape index (κ1) is 18.2. The Hall–Kier alpha value is -2.62. The van der Waals surface area contributed by atoms with E-state index in [0.29, 0.717) is 18.5 Å². The lowest BCUT2D eigenvalue weighted by Crippen LogP contribution is -2.24. The predicted octanol–water partition coefficient (Wildman–Crippen LogP) is 4.36. The smallest absolute Gasteiger partial charge is 0.255 e. The molecule has 2 aromatic rings. The first-order chi connectivity index (χ1) is 12.3. The number of rotatable bonds is 4. The van der Waals surface area contributed by atoms with E-state index in [2.05, 4.69) is 26.1 Å². The SMILES string of the molecule is CC(C)(C)c1ccccc1NC(=O)c1cccc(CN2CCCC2=O)c1. The lowest BCUT2D eigenvalue weighted by molar-refractivity contribution is -0.128. The van der Waals surface area contributed by atoms with Crippen LogP contribution in [0.15, 0.2) is 48.5 Å². The third-order valence-electron chi connectivity index (χ3n) is 4.72. The molecular weight excluding hydrogens is 324 g/mol. The zero-order chi connectivity index (χ0) is 18.7. The van der Waals surface area contributed by atoms with Crippen LogP contribution in [0, 0.1) is 0 Å². The number of nitrogens with one attached hydrogen (secondary N) is 1. The highest BCUT2D eigenvalue weighted by atomic mass is 16.2. The molecule has 2 aromatic carbocycles. The molecule has 0 spiro atoms. The number of para-hydroxylation sites is 1. The van der Waals surface area contributed by atoms with Crippen LogP contribution in [0.1, 0.15) is 55.1 Å². The molecule has 1 fully saturated rings. The van der Waals surface area contributed by atoms with Crippen molar-refractivity contribution in [3.05, 3.63) is 65.2 Å². The summed E-state index contributed by atoms with van der Waals surface area (Å²) < 4.78 is 0. The molecule has 1 heterocycles. The maximum atomic E-state index is 12.8. The Kier molecular flexibility index (Phi) is 5.12. The number of amides is 2. The number of anilines is 1. The molecule has 26 heavy (non-hydrogen) atoms. The van der Waals surface area contributed by atoms with Crippen molar-refractivity contribution in [3.63, 3.8) is 0 Å². The summed E-state index contributed by atoms with van der Waals surface area (Å²) in [6.45, 7) is 7.76. The molecule has 2 amide bonds. The van der Waals surface area contributed by atoms with E-state index in [9.17, 15) is 9.59 Å². The summed E-state index contributed by atoms with van der Waals surface area (Å²) in [7, 11) is 0. The number of hydrogen-bond acceptors (Lipinski definition) is 2. The van der Waals surface area contributed by atoms with Gasteiger partial charge in [0.15, 0.2) is 0 Å². The van der Waals surface area contributed by atoms with Crippen molar-refractivity contribution in [3.8, 4) is 0 Å². The van der Waals surface area contributed by atoms with Gasteiger partial charge in [-0.3, -0.25) is 9.59 Å². The molecule has 0 aliphatic carbocycles. The van der Waals surface area contributed by atoms with E-state index in [0.717, 1.165) is 29.8 Å². The molecule has 136 valence electrons.